The number of nitrogens with zero attached hydrogens (tertiary/aromatic N) is 2. The molecule has 0 spiro atoms. The standard InChI is InChI=1S/C57H40BN3/c1-37-28-30-53(48(32-37)38-16-5-2-6-17-38)61-54-31-29-44(60(42-21-7-3-8-22-42)43-23-9-4-10-24-43)36-51(54)58-55-50(34-41-20-13-14-25-45(41)57(55)61)47-27-15-26-46-49-33-39-18-11-12-19-40(39)35-52(49)59-56(46)47/h2-36,58-59H,1H3. The summed E-state index contributed by atoms with van der Waals surface area (Å²) < 4.78 is 0. The highest BCUT2D eigenvalue weighted by Crippen LogP contribution is 2.47. The van der Waals surface area contributed by atoms with E-state index in [0.29, 0.717) is 0 Å². The fraction of sp³-hybridized carbons (Fsp3) is 0.0175. The number of hydrogen-bond acceptors (Lipinski definition) is 2. The molecule has 4 heteroatoms. The van der Waals surface area contributed by atoms with Gasteiger partial charge >= 0.3 is 0 Å². The van der Waals surface area contributed by atoms with Crippen LogP contribution < -0.4 is 20.7 Å². The zero-order chi connectivity index (χ0) is 40.4. The lowest BCUT2D eigenvalue weighted by molar-refractivity contribution is 1.27. The van der Waals surface area contributed by atoms with E-state index in [1.165, 1.54) is 82.4 Å². The van der Waals surface area contributed by atoms with Crippen LogP contribution in [0.1, 0.15) is 5.56 Å². The number of para-hydroxylation sites is 3. The SMILES string of the molecule is Cc1ccc(N2c3ccc(N(c4ccccc4)c4ccccc4)cc3Bc3c(-c4cccc5c4[nH]c4cc6ccccc6cc45)cc4ccccc4c32)c(-c2ccccc2)c1. The van der Waals surface area contributed by atoms with E-state index in [9.17, 15) is 0 Å². The first kappa shape index (κ1) is 35.2. The maximum atomic E-state index is 3.93. The van der Waals surface area contributed by atoms with E-state index in [-0.39, 0.29) is 0 Å². The Morgan fingerprint density at radius 1 is 0.443 bits per heavy atom. The van der Waals surface area contributed by atoms with Gasteiger partial charge in [-0.15, -0.1) is 0 Å². The van der Waals surface area contributed by atoms with Crippen LogP contribution in [0.2, 0.25) is 0 Å². The Morgan fingerprint density at radius 3 is 1.84 bits per heavy atom. The van der Waals surface area contributed by atoms with E-state index in [2.05, 4.69) is 234 Å². The maximum absolute atomic E-state index is 3.93. The van der Waals surface area contributed by atoms with Gasteiger partial charge in [0.05, 0.1) is 11.2 Å². The van der Waals surface area contributed by atoms with Gasteiger partial charge in [-0.05, 0) is 112 Å². The average Bonchev–Trinajstić information content (AvgIpc) is 3.68. The summed E-state index contributed by atoms with van der Waals surface area (Å²) >= 11 is 0. The van der Waals surface area contributed by atoms with E-state index in [4.69, 9.17) is 0 Å². The fourth-order valence-electron chi connectivity index (χ4n) is 9.81. The van der Waals surface area contributed by atoms with Gasteiger partial charge < -0.3 is 14.8 Å². The normalized spacial score (nSPS) is 12.1. The zero-order valence-electron chi connectivity index (χ0n) is 33.8. The molecule has 286 valence electrons. The van der Waals surface area contributed by atoms with Crippen LogP contribution in [-0.4, -0.2) is 12.3 Å². The van der Waals surface area contributed by atoms with Gasteiger partial charge in [0, 0.05) is 61.2 Å². The van der Waals surface area contributed by atoms with E-state index in [0.717, 1.165) is 41.1 Å². The number of H-pyrrole nitrogens is 1. The van der Waals surface area contributed by atoms with Crippen molar-refractivity contribution in [1.29, 1.82) is 0 Å². The van der Waals surface area contributed by atoms with Crippen molar-refractivity contribution in [3.8, 4) is 22.3 Å². The van der Waals surface area contributed by atoms with Crippen molar-refractivity contribution in [2.75, 3.05) is 9.80 Å². The van der Waals surface area contributed by atoms with Crippen molar-refractivity contribution in [1.82, 2.24) is 4.98 Å². The van der Waals surface area contributed by atoms with Gasteiger partial charge in [0.2, 0.25) is 0 Å². The minimum atomic E-state index is 0.764. The second-order valence-electron chi connectivity index (χ2n) is 16.3. The molecule has 2 heterocycles. The van der Waals surface area contributed by atoms with Crippen molar-refractivity contribution >= 4 is 95.7 Å². The van der Waals surface area contributed by atoms with Gasteiger partial charge in [-0.2, -0.15) is 0 Å². The predicted molar refractivity (Wildman–Crippen MR) is 262 cm³/mol. The second-order valence-corrected chi connectivity index (χ2v) is 16.3. The minimum Gasteiger partial charge on any atom is -0.354 e. The first-order valence-corrected chi connectivity index (χ1v) is 21.1. The van der Waals surface area contributed by atoms with Crippen molar-refractivity contribution in [3.05, 3.63) is 218 Å². The molecule has 0 fully saturated rings. The Labute approximate surface area is 356 Å². The molecule has 1 aromatic heterocycles. The van der Waals surface area contributed by atoms with Crippen LogP contribution in [0.4, 0.5) is 34.1 Å². The molecule has 0 saturated heterocycles. The highest BCUT2D eigenvalue weighted by molar-refractivity contribution is 6.74. The van der Waals surface area contributed by atoms with E-state index in [1.54, 1.807) is 0 Å². The molecule has 0 radical (unpaired) electrons. The van der Waals surface area contributed by atoms with Crippen LogP contribution in [0.25, 0.3) is 65.6 Å². The lowest BCUT2D eigenvalue weighted by Crippen LogP contribution is -2.41. The van der Waals surface area contributed by atoms with Gasteiger partial charge in [0.15, 0.2) is 7.28 Å². The van der Waals surface area contributed by atoms with E-state index < -0.39 is 0 Å². The van der Waals surface area contributed by atoms with Crippen LogP contribution in [0.5, 0.6) is 0 Å². The monoisotopic (exact) mass is 777 g/mol. The zero-order valence-corrected chi connectivity index (χ0v) is 33.8. The van der Waals surface area contributed by atoms with Crippen molar-refractivity contribution in [2.45, 2.75) is 6.92 Å². The Kier molecular flexibility index (Phi) is 8.17. The average molecular weight is 778 g/mol. The molecule has 61 heavy (non-hydrogen) atoms. The van der Waals surface area contributed by atoms with Crippen LogP contribution in [0.3, 0.4) is 0 Å². The molecule has 0 aliphatic carbocycles. The molecule has 0 saturated carbocycles. The summed E-state index contributed by atoms with van der Waals surface area (Å²) in [5.41, 5.74) is 17.9. The van der Waals surface area contributed by atoms with Gasteiger partial charge in [-0.3, -0.25) is 0 Å². The third-order valence-corrected chi connectivity index (χ3v) is 12.6. The Bertz CT molecular complexity index is 3430. The molecule has 0 bridgehead atoms. The van der Waals surface area contributed by atoms with Gasteiger partial charge in [0.25, 0.3) is 0 Å². The summed E-state index contributed by atoms with van der Waals surface area (Å²) in [7, 11) is 0.764. The number of benzene rings is 10. The quantitative estimate of drug-likeness (QED) is 0.170. The number of aryl methyl sites for hydroxylation is 1. The summed E-state index contributed by atoms with van der Waals surface area (Å²) in [5, 5.41) is 7.42. The van der Waals surface area contributed by atoms with Crippen LogP contribution in [0, 0.1) is 6.92 Å². The number of fused-ring (bicyclic) bond motifs is 8. The molecular weight excluding hydrogens is 737 g/mol. The number of hydrogen-bond donors (Lipinski definition) is 1. The molecular formula is C57H40BN3. The molecule has 0 amide bonds. The van der Waals surface area contributed by atoms with Gasteiger partial charge in [-0.25, -0.2) is 0 Å². The van der Waals surface area contributed by atoms with Crippen molar-refractivity contribution < 1.29 is 0 Å². The molecule has 1 aliphatic rings. The van der Waals surface area contributed by atoms with Gasteiger partial charge in [-0.1, -0.05) is 151 Å². The molecule has 0 atom stereocenters. The Morgan fingerprint density at radius 2 is 1.08 bits per heavy atom. The summed E-state index contributed by atoms with van der Waals surface area (Å²) in [4.78, 5) is 8.87. The van der Waals surface area contributed by atoms with E-state index >= 15 is 0 Å². The Hall–Kier alpha value is -7.82. The molecule has 10 aromatic carbocycles. The Balaban J connectivity index is 1.16. The first-order chi connectivity index (χ1) is 30.2. The molecule has 1 aliphatic heterocycles. The summed E-state index contributed by atoms with van der Waals surface area (Å²) in [6.07, 6.45) is 0. The number of aromatic amines is 1. The lowest BCUT2D eigenvalue weighted by atomic mass is 9.57. The molecule has 3 nitrogen and oxygen atoms in total. The highest BCUT2D eigenvalue weighted by Gasteiger charge is 2.32. The third-order valence-electron chi connectivity index (χ3n) is 12.6. The largest absolute Gasteiger partial charge is 0.354 e. The third kappa shape index (κ3) is 5.83. The smallest absolute Gasteiger partial charge is 0.198 e. The minimum absolute atomic E-state index is 0.764. The molecule has 12 rings (SSSR count). The fourth-order valence-corrected chi connectivity index (χ4v) is 9.81. The summed E-state index contributed by atoms with van der Waals surface area (Å²) in [5.74, 6) is 0. The number of anilines is 6. The first-order valence-electron chi connectivity index (χ1n) is 21.1. The summed E-state index contributed by atoms with van der Waals surface area (Å²) in [6, 6.07) is 77.8. The molecule has 0 unspecified atom stereocenters. The molecule has 1 N–H and O–H groups in total. The van der Waals surface area contributed by atoms with Gasteiger partial charge in [0.1, 0.15) is 0 Å². The lowest BCUT2D eigenvalue weighted by Gasteiger charge is -2.38. The van der Waals surface area contributed by atoms with Crippen molar-refractivity contribution in [2.24, 2.45) is 0 Å². The van der Waals surface area contributed by atoms with Crippen molar-refractivity contribution in [3.63, 3.8) is 0 Å². The van der Waals surface area contributed by atoms with E-state index in [1.807, 2.05) is 0 Å². The number of rotatable bonds is 6. The van der Waals surface area contributed by atoms with Crippen LogP contribution in [-0.2, 0) is 0 Å². The van der Waals surface area contributed by atoms with Crippen LogP contribution in [0.15, 0.2) is 212 Å². The topological polar surface area (TPSA) is 22.3 Å². The number of nitrogens with one attached hydrogen (secondary N) is 1. The van der Waals surface area contributed by atoms with Crippen LogP contribution >= 0.6 is 0 Å². The predicted octanol–water partition coefficient (Wildman–Crippen LogP) is 13.9. The summed E-state index contributed by atoms with van der Waals surface area (Å²) in [6.45, 7) is 2.19. The number of aromatic nitrogens is 1. The highest BCUT2D eigenvalue weighted by atomic mass is 15.2. The second kappa shape index (κ2) is 14.2. The maximum Gasteiger partial charge on any atom is 0.198 e. The molecule has 11 aromatic rings.